The molecule has 0 spiro atoms. The standard InChI is InChI=1S/C17H20N2O6S/c1-11-5-7-13(8-6-11)26(23,24)19-16(12(2)20)17(22)25-10-15(21)14-4-3-9-18-14/h3-9,12,16,18-20H,10H2,1-2H3. The molecule has 140 valence electrons. The zero-order valence-corrected chi connectivity index (χ0v) is 15.1. The van der Waals surface area contributed by atoms with Gasteiger partial charge >= 0.3 is 5.97 Å². The maximum Gasteiger partial charge on any atom is 0.327 e. The van der Waals surface area contributed by atoms with Crippen molar-refractivity contribution >= 4 is 21.8 Å². The average Bonchev–Trinajstić information content (AvgIpc) is 3.12. The summed E-state index contributed by atoms with van der Waals surface area (Å²) in [6.45, 7) is 2.48. The molecule has 1 aromatic carbocycles. The number of aliphatic hydroxyl groups is 1. The highest BCUT2D eigenvalue weighted by Crippen LogP contribution is 2.12. The summed E-state index contributed by atoms with van der Waals surface area (Å²) in [4.78, 5) is 26.6. The molecule has 9 heteroatoms. The fourth-order valence-corrected chi connectivity index (χ4v) is 3.36. The van der Waals surface area contributed by atoms with Crippen molar-refractivity contribution in [1.82, 2.24) is 9.71 Å². The molecule has 0 aliphatic carbocycles. The normalized spacial score (nSPS) is 13.8. The number of nitrogens with one attached hydrogen (secondary N) is 2. The van der Waals surface area contributed by atoms with E-state index in [9.17, 15) is 23.1 Å². The predicted molar refractivity (Wildman–Crippen MR) is 93.1 cm³/mol. The highest BCUT2D eigenvalue weighted by atomic mass is 32.2. The molecule has 0 aliphatic heterocycles. The third-order valence-electron chi connectivity index (χ3n) is 3.59. The second-order valence-electron chi connectivity index (χ2n) is 5.77. The molecular weight excluding hydrogens is 360 g/mol. The van der Waals surface area contributed by atoms with Crippen LogP contribution in [0.1, 0.15) is 23.0 Å². The molecule has 0 saturated carbocycles. The van der Waals surface area contributed by atoms with E-state index in [1.54, 1.807) is 31.3 Å². The smallest absolute Gasteiger partial charge is 0.327 e. The van der Waals surface area contributed by atoms with Crippen LogP contribution in [0.4, 0.5) is 0 Å². The van der Waals surface area contributed by atoms with E-state index < -0.39 is 40.5 Å². The molecule has 2 atom stereocenters. The number of esters is 1. The van der Waals surface area contributed by atoms with Gasteiger partial charge in [-0.2, -0.15) is 4.72 Å². The Morgan fingerprint density at radius 3 is 2.42 bits per heavy atom. The van der Waals surface area contributed by atoms with E-state index in [1.165, 1.54) is 25.1 Å². The number of benzene rings is 1. The summed E-state index contributed by atoms with van der Waals surface area (Å²) in [6, 6.07) is 7.58. The molecule has 2 rings (SSSR count). The maximum atomic E-state index is 12.4. The first-order chi connectivity index (χ1) is 12.2. The summed E-state index contributed by atoms with van der Waals surface area (Å²) in [7, 11) is -4.05. The Morgan fingerprint density at radius 1 is 1.23 bits per heavy atom. The number of ether oxygens (including phenoxy) is 1. The number of Topliss-reactive ketones (excluding diaryl/α,β-unsaturated/α-hetero) is 1. The second-order valence-corrected chi connectivity index (χ2v) is 7.48. The monoisotopic (exact) mass is 380 g/mol. The summed E-state index contributed by atoms with van der Waals surface area (Å²) >= 11 is 0. The number of sulfonamides is 1. The van der Waals surface area contributed by atoms with Crippen LogP contribution in [0.25, 0.3) is 0 Å². The van der Waals surface area contributed by atoms with Crippen molar-refractivity contribution in [1.29, 1.82) is 0 Å². The van der Waals surface area contributed by atoms with Crippen LogP contribution in [0.15, 0.2) is 47.5 Å². The van der Waals surface area contributed by atoms with E-state index in [0.29, 0.717) is 0 Å². The minimum absolute atomic E-state index is 0.0518. The molecule has 0 amide bonds. The average molecular weight is 380 g/mol. The van der Waals surface area contributed by atoms with Crippen LogP contribution in [0.5, 0.6) is 0 Å². The second kappa shape index (κ2) is 8.26. The fourth-order valence-electron chi connectivity index (χ4n) is 2.10. The topological polar surface area (TPSA) is 126 Å². The lowest BCUT2D eigenvalue weighted by Gasteiger charge is -2.20. The van der Waals surface area contributed by atoms with Crippen LogP contribution in [-0.2, 0) is 19.6 Å². The minimum Gasteiger partial charge on any atom is -0.456 e. The Kier molecular flexibility index (Phi) is 6.30. The van der Waals surface area contributed by atoms with E-state index in [-0.39, 0.29) is 10.6 Å². The van der Waals surface area contributed by atoms with Gasteiger partial charge in [0.05, 0.1) is 16.7 Å². The molecule has 2 unspecified atom stereocenters. The van der Waals surface area contributed by atoms with Crippen LogP contribution in [-0.4, -0.2) is 49.0 Å². The minimum atomic E-state index is -4.05. The lowest BCUT2D eigenvalue weighted by Crippen LogP contribution is -2.48. The van der Waals surface area contributed by atoms with Crippen molar-refractivity contribution < 1.29 is 27.9 Å². The Balaban J connectivity index is 2.06. The van der Waals surface area contributed by atoms with Crippen LogP contribution in [0.2, 0.25) is 0 Å². The first-order valence-corrected chi connectivity index (χ1v) is 9.29. The molecule has 0 fully saturated rings. The molecule has 0 saturated heterocycles. The third-order valence-corrected chi connectivity index (χ3v) is 5.05. The van der Waals surface area contributed by atoms with Crippen molar-refractivity contribution in [3.05, 3.63) is 53.9 Å². The lowest BCUT2D eigenvalue weighted by molar-refractivity contribution is -0.147. The van der Waals surface area contributed by atoms with Crippen molar-refractivity contribution in [2.24, 2.45) is 0 Å². The molecule has 0 radical (unpaired) electrons. The van der Waals surface area contributed by atoms with Gasteiger partial charge in [0.15, 0.2) is 6.61 Å². The molecule has 0 aliphatic rings. The van der Waals surface area contributed by atoms with Crippen LogP contribution >= 0.6 is 0 Å². The number of H-pyrrole nitrogens is 1. The fraction of sp³-hybridized carbons (Fsp3) is 0.294. The van der Waals surface area contributed by atoms with Crippen molar-refractivity contribution in [3.8, 4) is 0 Å². The number of carbonyl (C=O) groups is 2. The number of rotatable bonds is 8. The van der Waals surface area contributed by atoms with Crippen LogP contribution in [0.3, 0.4) is 0 Å². The molecule has 3 N–H and O–H groups in total. The molecule has 8 nitrogen and oxygen atoms in total. The summed E-state index contributed by atoms with van der Waals surface area (Å²) in [5, 5.41) is 9.77. The maximum absolute atomic E-state index is 12.4. The Morgan fingerprint density at radius 2 is 1.88 bits per heavy atom. The summed E-state index contributed by atoms with van der Waals surface area (Å²) in [5.74, 6) is -1.52. The largest absolute Gasteiger partial charge is 0.456 e. The van der Waals surface area contributed by atoms with Gasteiger partial charge in [-0.1, -0.05) is 17.7 Å². The number of aryl methyl sites for hydroxylation is 1. The highest BCUT2D eigenvalue weighted by Gasteiger charge is 2.31. The van der Waals surface area contributed by atoms with Gasteiger partial charge in [0.2, 0.25) is 15.8 Å². The predicted octanol–water partition coefficient (Wildman–Crippen LogP) is 0.777. The van der Waals surface area contributed by atoms with E-state index in [4.69, 9.17) is 4.74 Å². The number of hydrogen-bond donors (Lipinski definition) is 3. The number of hydrogen-bond acceptors (Lipinski definition) is 6. The van der Waals surface area contributed by atoms with Gasteiger partial charge in [-0.15, -0.1) is 0 Å². The van der Waals surface area contributed by atoms with E-state index in [0.717, 1.165) is 5.56 Å². The van der Waals surface area contributed by atoms with E-state index in [2.05, 4.69) is 9.71 Å². The quantitative estimate of drug-likeness (QED) is 0.459. The first kappa shape index (κ1) is 19.8. The number of aromatic nitrogens is 1. The van der Waals surface area contributed by atoms with E-state index in [1.807, 2.05) is 0 Å². The van der Waals surface area contributed by atoms with Crippen molar-refractivity contribution in [2.75, 3.05) is 6.61 Å². The van der Waals surface area contributed by atoms with Gasteiger partial charge in [0.25, 0.3) is 0 Å². The van der Waals surface area contributed by atoms with E-state index >= 15 is 0 Å². The molecular formula is C17H20N2O6S. The van der Waals surface area contributed by atoms with Crippen LogP contribution < -0.4 is 4.72 Å². The summed E-state index contributed by atoms with van der Waals surface area (Å²) in [5.41, 5.74) is 1.13. The Bertz CT molecular complexity index is 857. The van der Waals surface area contributed by atoms with Gasteiger partial charge < -0.3 is 14.8 Å². The first-order valence-electron chi connectivity index (χ1n) is 7.81. The van der Waals surface area contributed by atoms with Gasteiger partial charge in [-0.3, -0.25) is 9.59 Å². The zero-order valence-electron chi connectivity index (χ0n) is 14.3. The number of aliphatic hydroxyl groups excluding tert-OH is 1. The van der Waals surface area contributed by atoms with Crippen LogP contribution in [0, 0.1) is 6.92 Å². The number of aromatic amines is 1. The SMILES string of the molecule is Cc1ccc(S(=O)(=O)NC(C(=O)OCC(=O)c2ccc[nH]2)C(C)O)cc1. The molecule has 0 bridgehead atoms. The van der Waals surface area contributed by atoms with Gasteiger partial charge in [-0.25, -0.2) is 8.42 Å². The molecule has 1 aromatic heterocycles. The Labute approximate surface area is 151 Å². The number of ketones is 1. The molecule has 1 heterocycles. The zero-order chi connectivity index (χ0) is 19.3. The van der Waals surface area contributed by atoms with Gasteiger partial charge in [0, 0.05) is 6.20 Å². The lowest BCUT2D eigenvalue weighted by atomic mass is 10.2. The Hall–Kier alpha value is -2.49. The van der Waals surface area contributed by atoms with Crippen molar-refractivity contribution in [2.45, 2.75) is 30.9 Å². The van der Waals surface area contributed by atoms with Gasteiger partial charge in [-0.05, 0) is 38.1 Å². The summed E-state index contributed by atoms with van der Waals surface area (Å²) < 4.78 is 31.7. The third kappa shape index (κ3) is 5.01. The van der Waals surface area contributed by atoms with Crippen molar-refractivity contribution in [3.63, 3.8) is 0 Å². The van der Waals surface area contributed by atoms with Gasteiger partial charge in [0.1, 0.15) is 6.04 Å². The highest BCUT2D eigenvalue weighted by molar-refractivity contribution is 7.89. The molecule has 2 aromatic rings. The number of carbonyl (C=O) groups excluding carboxylic acids is 2. The summed E-state index contributed by atoms with van der Waals surface area (Å²) in [6.07, 6.45) is 0.187. The molecule has 26 heavy (non-hydrogen) atoms.